The summed E-state index contributed by atoms with van der Waals surface area (Å²) in [5, 5.41) is 14.7. The molecule has 0 spiro atoms. The number of hydrogen-bond donors (Lipinski definition) is 0. The molecule has 4 aromatic rings. The van der Waals surface area contributed by atoms with Crippen LogP contribution < -0.4 is 14.4 Å². The molecule has 3 heterocycles. The fourth-order valence-electron chi connectivity index (χ4n) is 3.67. The van der Waals surface area contributed by atoms with Gasteiger partial charge in [-0.25, -0.2) is 0 Å². The highest BCUT2D eigenvalue weighted by atomic mass is 32.2. The number of ether oxygens (including phenoxy) is 2. The number of carbonyl (C=O) groups is 1. The van der Waals surface area contributed by atoms with Crippen molar-refractivity contribution in [1.29, 1.82) is 0 Å². The fraction of sp³-hybridized carbons (Fsp3) is 0.250. The quantitative estimate of drug-likeness (QED) is 0.352. The number of carbonyl (C=O) groups excluding carboxylic acids is 1. The normalized spacial score (nSPS) is 12.5. The lowest BCUT2D eigenvalue weighted by Gasteiger charge is -2.25. The number of amides is 1. The SMILES string of the molecule is Cc1cccc(-n2nnnc2SCC(=O)N(Cc2cccs2)c2ccc3c(c2)OCCO3)c1C. The van der Waals surface area contributed by atoms with E-state index < -0.39 is 0 Å². The lowest BCUT2D eigenvalue weighted by Crippen LogP contribution is -2.32. The Hall–Kier alpha value is -3.37. The Morgan fingerprint density at radius 1 is 1.12 bits per heavy atom. The van der Waals surface area contributed by atoms with Gasteiger partial charge in [0.1, 0.15) is 13.2 Å². The van der Waals surface area contributed by atoms with Crippen molar-refractivity contribution < 1.29 is 14.3 Å². The van der Waals surface area contributed by atoms with Gasteiger partial charge < -0.3 is 14.4 Å². The fourth-order valence-corrected chi connectivity index (χ4v) is 5.12. The number of thiophene rings is 1. The van der Waals surface area contributed by atoms with Gasteiger partial charge in [0.2, 0.25) is 11.1 Å². The van der Waals surface area contributed by atoms with Crippen LogP contribution in [-0.4, -0.2) is 45.1 Å². The van der Waals surface area contributed by atoms with Crippen molar-refractivity contribution in [3.63, 3.8) is 0 Å². The average molecular weight is 494 g/mol. The van der Waals surface area contributed by atoms with Crippen molar-refractivity contribution in [1.82, 2.24) is 20.2 Å². The average Bonchev–Trinajstić information content (AvgIpc) is 3.54. The maximum atomic E-state index is 13.5. The summed E-state index contributed by atoms with van der Waals surface area (Å²) in [6.07, 6.45) is 0. The van der Waals surface area contributed by atoms with Crippen molar-refractivity contribution in [2.24, 2.45) is 0 Å². The smallest absolute Gasteiger partial charge is 0.237 e. The zero-order valence-corrected chi connectivity index (χ0v) is 20.4. The standard InChI is InChI=1S/C24H23N5O3S2/c1-16-5-3-7-20(17(16)2)29-24(25-26-27-29)34-15-23(30)28(14-19-6-4-12-33-19)18-8-9-21-22(13-18)32-11-10-31-21/h3-9,12-13H,10-11,14-15H2,1-2H3. The second-order valence-electron chi connectivity index (χ2n) is 7.77. The molecule has 34 heavy (non-hydrogen) atoms. The van der Waals surface area contributed by atoms with E-state index >= 15 is 0 Å². The second kappa shape index (κ2) is 9.86. The predicted molar refractivity (Wildman–Crippen MR) is 132 cm³/mol. The van der Waals surface area contributed by atoms with Gasteiger partial charge in [0.05, 0.1) is 18.0 Å². The molecule has 1 aliphatic heterocycles. The molecule has 0 fully saturated rings. The number of thioether (sulfide) groups is 1. The Balaban J connectivity index is 1.38. The van der Waals surface area contributed by atoms with Gasteiger partial charge in [0.25, 0.3) is 0 Å². The summed E-state index contributed by atoms with van der Waals surface area (Å²) in [5.41, 5.74) is 3.92. The molecule has 2 aromatic carbocycles. The molecular weight excluding hydrogens is 470 g/mol. The molecule has 0 atom stereocenters. The van der Waals surface area contributed by atoms with Crippen LogP contribution in [0.4, 0.5) is 5.69 Å². The number of tetrazole rings is 1. The summed E-state index contributed by atoms with van der Waals surface area (Å²) in [7, 11) is 0. The first kappa shape index (κ1) is 22.4. The van der Waals surface area contributed by atoms with Crippen LogP contribution in [0.2, 0.25) is 0 Å². The van der Waals surface area contributed by atoms with E-state index in [1.165, 1.54) is 11.8 Å². The van der Waals surface area contributed by atoms with Crippen LogP contribution in [0.25, 0.3) is 5.69 Å². The van der Waals surface area contributed by atoms with E-state index in [1.54, 1.807) is 20.9 Å². The van der Waals surface area contributed by atoms with E-state index in [2.05, 4.69) is 28.5 Å². The highest BCUT2D eigenvalue weighted by molar-refractivity contribution is 7.99. The molecule has 1 aliphatic rings. The molecule has 0 saturated carbocycles. The maximum absolute atomic E-state index is 13.5. The summed E-state index contributed by atoms with van der Waals surface area (Å²) in [4.78, 5) is 16.3. The molecule has 174 valence electrons. The van der Waals surface area contributed by atoms with Crippen LogP contribution in [0.5, 0.6) is 11.5 Å². The summed E-state index contributed by atoms with van der Waals surface area (Å²) < 4.78 is 13.1. The van der Waals surface area contributed by atoms with E-state index in [9.17, 15) is 4.79 Å². The summed E-state index contributed by atoms with van der Waals surface area (Å²) in [6.45, 7) is 5.58. The molecule has 0 unspecified atom stereocenters. The van der Waals surface area contributed by atoms with Crippen LogP contribution >= 0.6 is 23.1 Å². The van der Waals surface area contributed by atoms with E-state index in [0.717, 1.165) is 27.4 Å². The molecular formula is C24H23N5O3S2. The van der Waals surface area contributed by atoms with Crippen LogP contribution in [-0.2, 0) is 11.3 Å². The monoisotopic (exact) mass is 493 g/mol. The Morgan fingerprint density at radius 2 is 1.97 bits per heavy atom. The molecule has 2 aromatic heterocycles. The first-order valence-electron chi connectivity index (χ1n) is 10.8. The molecule has 0 radical (unpaired) electrons. The molecule has 1 amide bonds. The topological polar surface area (TPSA) is 82.4 Å². The van der Waals surface area contributed by atoms with Gasteiger partial charge >= 0.3 is 0 Å². The van der Waals surface area contributed by atoms with Crippen molar-refractivity contribution in [2.45, 2.75) is 25.5 Å². The predicted octanol–water partition coefficient (Wildman–Crippen LogP) is 4.44. The Kier molecular flexibility index (Phi) is 6.50. The molecule has 0 saturated heterocycles. The number of nitrogens with zero attached hydrogens (tertiary/aromatic N) is 5. The number of benzene rings is 2. The van der Waals surface area contributed by atoms with Gasteiger partial charge in [-0.05, 0) is 65.0 Å². The lowest BCUT2D eigenvalue weighted by molar-refractivity contribution is -0.116. The van der Waals surface area contributed by atoms with Gasteiger partial charge in [0, 0.05) is 16.6 Å². The highest BCUT2D eigenvalue weighted by Crippen LogP contribution is 2.35. The third-order valence-electron chi connectivity index (χ3n) is 5.60. The zero-order chi connectivity index (χ0) is 23.5. The van der Waals surface area contributed by atoms with Gasteiger partial charge in [-0.3, -0.25) is 4.79 Å². The van der Waals surface area contributed by atoms with E-state index in [-0.39, 0.29) is 11.7 Å². The summed E-state index contributed by atoms with van der Waals surface area (Å²) in [5.74, 6) is 1.48. The van der Waals surface area contributed by atoms with Crippen LogP contribution in [0.15, 0.2) is 59.1 Å². The van der Waals surface area contributed by atoms with Gasteiger partial charge in [-0.2, -0.15) is 4.68 Å². The number of rotatable bonds is 7. The Morgan fingerprint density at radius 3 is 2.79 bits per heavy atom. The van der Waals surface area contributed by atoms with E-state index in [0.29, 0.717) is 36.4 Å². The Bertz CT molecular complexity index is 1310. The summed E-state index contributed by atoms with van der Waals surface area (Å²) >= 11 is 2.94. The number of anilines is 1. The first-order valence-corrected chi connectivity index (χ1v) is 12.7. The Labute approximate surface area is 205 Å². The van der Waals surface area contributed by atoms with Crippen molar-refractivity contribution in [3.8, 4) is 17.2 Å². The third-order valence-corrected chi connectivity index (χ3v) is 7.37. The van der Waals surface area contributed by atoms with Crippen molar-refractivity contribution >= 4 is 34.7 Å². The minimum absolute atomic E-state index is 0.0504. The number of aromatic nitrogens is 4. The molecule has 0 aliphatic carbocycles. The number of aryl methyl sites for hydroxylation is 1. The number of fused-ring (bicyclic) bond motifs is 1. The molecule has 0 N–H and O–H groups in total. The largest absolute Gasteiger partial charge is 0.486 e. The first-order chi connectivity index (χ1) is 16.6. The van der Waals surface area contributed by atoms with E-state index in [4.69, 9.17) is 9.47 Å². The van der Waals surface area contributed by atoms with Crippen LogP contribution in [0.1, 0.15) is 16.0 Å². The van der Waals surface area contributed by atoms with E-state index in [1.807, 2.05) is 54.8 Å². The number of hydrogen-bond acceptors (Lipinski definition) is 8. The highest BCUT2D eigenvalue weighted by Gasteiger charge is 2.22. The second-order valence-corrected chi connectivity index (χ2v) is 9.74. The molecule has 0 bridgehead atoms. The molecule has 10 heteroatoms. The van der Waals surface area contributed by atoms with Crippen molar-refractivity contribution in [2.75, 3.05) is 23.9 Å². The zero-order valence-electron chi connectivity index (χ0n) is 18.8. The lowest BCUT2D eigenvalue weighted by atomic mass is 10.1. The minimum Gasteiger partial charge on any atom is -0.486 e. The summed E-state index contributed by atoms with van der Waals surface area (Å²) in [6, 6.07) is 15.6. The third kappa shape index (κ3) is 4.64. The van der Waals surface area contributed by atoms with Crippen LogP contribution in [0.3, 0.4) is 0 Å². The van der Waals surface area contributed by atoms with Gasteiger partial charge in [0.15, 0.2) is 11.5 Å². The van der Waals surface area contributed by atoms with Gasteiger partial charge in [-0.1, -0.05) is 30.0 Å². The maximum Gasteiger partial charge on any atom is 0.237 e. The van der Waals surface area contributed by atoms with Crippen molar-refractivity contribution in [3.05, 3.63) is 69.9 Å². The molecule has 5 rings (SSSR count). The van der Waals surface area contributed by atoms with Crippen LogP contribution in [0, 0.1) is 13.8 Å². The van der Waals surface area contributed by atoms with Gasteiger partial charge in [-0.15, -0.1) is 16.4 Å². The molecule has 8 nitrogen and oxygen atoms in total. The minimum atomic E-state index is -0.0504.